The van der Waals surface area contributed by atoms with Crippen molar-refractivity contribution in [2.24, 2.45) is 5.92 Å². The number of urea groups is 1. The third-order valence-electron chi connectivity index (χ3n) is 2.74. The minimum Gasteiger partial charge on any atom is -0.393 e. The van der Waals surface area contributed by atoms with E-state index in [9.17, 15) is 18.7 Å². The van der Waals surface area contributed by atoms with Gasteiger partial charge >= 0.3 is 6.03 Å². The van der Waals surface area contributed by atoms with Gasteiger partial charge in [-0.15, -0.1) is 0 Å². The van der Waals surface area contributed by atoms with E-state index < -0.39 is 29.5 Å². The van der Waals surface area contributed by atoms with Crippen LogP contribution in [0.2, 0.25) is 5.02 Å². The Labute approximate surface area is 121 Å². The van der Waals surface area contributed by atoms with Gasteiger partial charge in [-0.1, -0.05) is 25.4 Å². The highest BCUT2D eigenvalue weighted by molar-refractivity contribution is 6.30. The predicted octanol–water partition coefficient (Wildman–Crippen LogP) is 3.15. The van der Waals surface area contributed by atoms with Crippen LogP contribution in [-0.2, 0) is 0 Å². The van der Waals surface area contributed by atoms with Crippen molar-refractivity contribution >= 4 is 23.3 Å². The van der Waals surface area contributed by atoms with Crippen LogP contribution in [0.15, 0.2) is 12.1 Å². The summed E-state index contributed by atoms with van der Waals surface area (Å²) in [5.74, 6) is -1.83. The molecule has 1 rings (SSSR count). The molecule has 0 saturated heterocycles. The van der Waals surface area contributed by atoms with Crippen LogP contribution in [0.5, 0.6) is 0 Å². The maximum Gasteiger partial charge on any atom is 0.319 e. The Bertz CT molecular complexity index is 460. The fraction of sp³-hybridized carbons (Fsp3) is 0.462. The van der Waals surface area contributed by atoms with Crippen LogP contribution in [0.4, 0.5) is 19.3 Å². The van der Waals surface area contributed by atoms with Crippen LogP contribution in [0.1, 0.15) is 20.3 Å². The van der Waals surface area contributed by atoms with Crippen LogP contribution < -0.4 is 10.6 Å². The van der Waals surface area contributed by atoms with Gasteiger partial charge < -0.3 is 15.7 Å². The molecule has 2 amide bonds. The number of benzene rings is 1. The van der Waals surface area contributed by atoms with E-state index in [4.69, 9.17) is 11.6 Å². The largest absolute Gasteiger partial charge is 0.393 e. The molecule has 1 unspecified atom stereocenters. The summed E-state index contributed by atoms with van der Waals surface area (Å²) >= 11 is 5.47. The molecule has 3 N–H and O–H groups in total. The Kier molecular flexibility index (Phi) is 6.16. The van der Waals surface area contributed by atoms with Gasteiger partial charge in [-0.2, -0.15) is 0 Å². The smallest absolute Gasteiger partial charge is 0.319 e. The van der Waals surface area contributed by atoms with Gasteiger partial charge in [-0.05, 0) is 24.5 Å². The van der Waals surface area contributed by atoms with E-state index in [0.717, 1.165) is 12.1 Å². The number of halogens is 3. The molecule has 0 spiro atoms. The second-order valence-corrected chi connectivity index (χ2v) is 5.16. The summed E-state index contributed by atoms with van der Waals surface area (Å²) in [6, 6.07) is 1.06. The van der Waals surface area contributed by atoms with Crippen molar-refractivity contribution in [3.8, 4) is 0 Å². The number of carbonyl (C=O) groups is 1. The summed E-state index contributed by atoms with van der Waals surface area (Å²) in [5, 5.41) is 13.9. The normalized spacial score (nSPS) is 12.3. The highest BCUT2D eigenvalue weighted by Gasteiger charge is 2.14. The van der Waals surface area contributed by atoms with Gasteiger partial charge in [0.15, 0.2) is 11.6 Å². The molecule has 0 aliphatic carbocycles. The maximum atomic E-state index is 13.4. The first kappa shape index (κ1) is 16.7. The molecule has 7 heteroatoms. The van der Waals surface area contributed by atoms with Gasteiger partial charge in [0.2, 0.25) is 0 Å². The number of anilines is 1. The highest BCUT2D eigenvalue weighted by atomic mass is 35.5. The lowest BCUT2D eigenvalue weighted by Gasteiger charge is -2.15. The number of rotatable bonds is 5. The molecule has 0 heterocycles. The van der Waals surface area contributed by atoms with Crippen molar-refractivity contribution in [3.63, 3.8) is 0 Å². The quantitative estimate of drug-likeness (QED) is 0.782. The average molecular weight is 307 g/mol. The Morgan fingerprint density at radius 2 is 1.90 bits per heavy atom. The first-order chi connectivity index (χ1) is 9.31. The van der Waals surface area contributed by atoms with Crippen molar-refractivity contribution in [1.29, 1.82) is 0 Å². The minimum atomic E-state index is -0.952. The lowest BCUT2D eigenvalue weighted by molar-refractivity contribution is 0.117. The summed E-state index contributed by atoms with van der Waals surface area (Å²) in [6.07, 6.45) is -0.185. The zero-order valence-corrected chi connectivity index (χ0v) is 12.0. The van der Waals surface area contributed by atoms with Crippen molar-refractivity contribution in [2.45, 2.75) is 26.4 Å². The standard InChI is InChI=1S/C13H17ClF2N2O2/c1-7(2)11(19)3-4-17-13(20)18-12-9(15)5-8(14)6-10(12)16/h5-7,11,19H,3-4H2,1-2H3,(H2,17,18,20). The molecule has 1 aromatic carbocycles. The van der Waals surface area contributed by atoms with Crippen LogP contribution in [-0.4, -0.2) is 23.8 Å². The number of carbonyl (C=O) groups excluding carboxylic acids is 1. The lowest BCUT2D eigenvalue weighted by atomic mass is 10.0. The molecular formula is C13H17ClF2N2O2. The summed E-state index contributed by atoms with van der Waals surface area (Å²) in [4.78, 5) is 11.5. The lowest BCUT2D eigenvalue weighted by Crippen LogP contribution is -2.32. The molecule has 0 saturated carbocycles. The number of nitrogens with one attached hydrogen (secondary N) is 2. The first-order valence-electron chi connectivity index (χ1n) is 6.18. The molecule has 0 aromatic heterocycles. The highest BCUT2D eigenvalue weighted by Crippen LogP contribution is 2.23. The molecule has 0 bridgehead atoms. The van der Waals surface area contributed by atoms with Crippen LogP contribution in [0.25, 0.3) is 0 Å². The summed E-state index contributed by atoms with van der Waals surface area (Å²) in [6.45, 7) is 3.90. The zero-order chi connectivity index (χ0) is 15.3. The molecule has 1 atom stereocenters. The van der Waals surface area contributed by atoms with E-state index >= 15 is 0 Å². The maximum absolute atomic E-state index is 13.4. The van der Waals surface area contributed by atoms with Gasteiger partial charge in [-0.3, -0.25) is 0 Å². The van der Waals surface area contributed by atoms with Crippen molar-refractivity contribution < 1.29 is 18.7 Å². The summed E-state index contributed by atoms with van der Waals surface area (Å²) in [7, 11) is 0. The Morgan fingerprint density at radius 1 is 1.35 bits per heavy atom. The third-order valence-corrected chi connectivity index (χ3v) is 2.96. The van der Waals surface area contributed by atoms with Crippen LogP contribution in [0, 0.1) is 17.6 Å². The van der Waals surface area contributed by atoms with Crippen molar-refractivity contribution in [1.82, 2.24) is 5.32 Å². The second kappa shape index (κ2) is 7.40. The molecule has 0 fully saturated rings. The molecule has 1 aromatic rings. The van der Waals surface area contributed by atoms with E-state index in [2.05, 4.69) is 10.6 Å². The van der Waals surface area contributed by atoms with Gasteiger partial charge in [0.25, 0.3) is 0 Å². The molecule has 112 valence electrons. The Morgan fingerprint density at radius 3 is 2.40 bits per heavy atom. The predicted molar refractivity (Wildman–Crippen MR) is 73.9 cm³/mol. The van der Waals surface area contributed by atoms with Crippen molar-refractivity contribution in [3.05, 3.63) is 28.8 Å². The topological polar surface area (TPSA) is 61.4 Å². The number of hydrogen-bond donors (Lipinski definition) is 3. The summed E-state index contributed by atoms with van der Waals surface area (Å²) in [5.41, 5.74) is -0.559. The number of amides is 2. The molecule has 20 heavy (non-hydrogen) atoms. The van der Waals surface area contributed by atoms with Gasteiger partial charge in [0.05, 0.1) is 6.10 Å². The number of aliphatic hydroxyl groups is 1. The fourth-order valence-electron chi connectivity index (χ4n) is 1.49. The average Bonchev–Trinajstić information content (AvgIpc) is 2.33. The van der Waals surface area contributed by atoms with E-state index in [-0.39, 0.29) is 17.5 Å². The van der Waals surface area contributed by atoms with E-state index in [1.54, 1.807) is 0 Å². The fourth-order valence-corrected chi connectivity index (χ4v) is 1.68. The third kappa shape index (κ3) is 4.94. The minimum absolute atomic E-state index is 0.0750. The second-order valence-electron chi connectivity index (χ2n) is 4.73. The molecule has 0 radical (unpaired) electrons. The Hall–Kier alpha value is -1.40. The van der Waals surface area contributed by atoms with Gasteiger partial charge in [0.1, 0.15) is 5.69 Å². The van der Waals surface area contributed by atoms with Gasteiger partial charge in [-0.25, -0.2) is 13.6 Å². The number of hydrogen-bond acceptors (Lipinski definition) is 2. The number of aliphatic hydroxyl groups excluding tert-OH is 1. The van der Waals surface area contributed by atoms with Gasteiger partial charge in [0, 0.05) is 11.6 Å². The van der Waals surface area contributed by atoms with E-state index in [1.165, 1.54) is 0 Å². The Balaban J connectivity index is 2.51. The molecule has 4 nitrogen and oxygen atoms in total. The van der Waals surface area contributed by atoms with Crippen molar-refractivity contribution in [2.75, 3.05) is 11.9 Å². The monoisotopic (exact) mass is 306 g/mol. The molecule has 0 aliphatic rings. The van der Waals surface area contributed by atoms with E-state index in [0.29, 0.717) is 6.42 Å². The summed E-state index contributed by atoms with van der Waals surface area (Å²) < 4.78 is 26.8. The zero-order valence-electron chi connectivity index (χ0n) is 11.2. The van der Waals surface area contributed by atoms with Crippen LogP contribution in [0.3, 0.4) is 0 Å². The van der Waals surface area contributed by atoms with E-state index in [1.807, 2.05) is 13.8 Å². The molecular weight excluding hydrogens is 290 g/mol. The van der Waals surface area contributed by atoms with Crippen LogP contribution >= 0.6 is 11.6 Å². The molecule has 0 aliphatic heterocycles. The SMILES string of the molecule is CC(C)C(O)CCNC(=O)Nc1c(F)cc(Cl)cc1F. The first-order valence-corrected chi connectivity index (χ1v) is 6.56.